The average Bonchev–Trinajstić information content (AvgIpc) is 2.70. The number of hydrogen-bond acceptors (Lipinski definition) is 2. The van der Waals surface area contributed by atoms with Gasteiger partial charge < -0.3 is 9.52 Å². The first-order valence-corrected chi connectivity index (χ1v) is 6.40. The molecule has 0 saturated heterocycles. The normalized spacial score (nSPS) is 27.7. The van der Waals surface area contributed by atoms with Crippen LogP contribution >= 0.6 is 0 Å². The molecule has 1 aromatic carbocycles. The molecule has 0 bridgehead atoms. The zero-order valence-electron chi connectivity index (χ0n) is 10.6. The fourth-order valence-corrected chi connectivity index (χ4v) is 2.74. The Morgan fingerprint density at radius 3 is 2.72 bits per heavy atom. The summed E-state index contributed by atoms with van der Waals surface area (Å²) in [6.07, 6.45) is 1.40. The van der Waals surface area contributed by atoms with Crippen LogP contribution in [0.3, 0.4) is 0 Å². The second kappa shape index (κ2) is 3.82. The molecule has 0 radical (unpaired) electrons. The highest BCUT2D eigenvalue weighted by atomic mass is 19.1. The maximum Gasteiger partial charge on any atom is 0.170 e. The summed E-state index contributed by atoms with van der Waals surface area (Å²) in [6.45, 7) is 4.31. The van der Waals surface area contributed by atoms with Gasteiger partial charge in [-0.15, -0.1) is 0 Å². The average molecular weight is 248 g/mol. The zero-order valence-corrected chi connectivity index (χ0v) is 10.6. The second-order valence-corrected chi connectivity index (χ2v) is 5.71. The third-order valence-corrected chi connectivity index (χ3v) is 4.10. The number of halogens is 1. The van der Waals surface area contributed by atoms with Crippen molar-refractivity contribution in [3.05, 3.63) is 35.8 Å². The van der Waals surface area contributed by atoms with Gasteiger partial charge in [-0.2, -0.15) is 0 Å². The molecule has 18 heavy (non-hydrogen) atoms. The predicted octanol–water partition coefficient (Wildman–Crippen LogP) is 3.83. The molecule has 3 rings (SSSR count). The molecule has 96 valence electrons. The second-order valence-electron chi connectivity index (χ2n) is 5.71. The molecule has 1 heterocycles. The summed E-state index contributed by atoms with van der Waals surface area (Å²) in [6, 6.07) is 6.58. The lowest BCUT2D eigenvalue weighted by atomic mass is 9.65. The first-order valence-electron chi connectivity index (χ1n) is 6.40. The maximum absolute atomic E-state index is 13.5. The Bertz CT molecular complexity index is 579. The van der Waals surface area contributed by atoms with Crippen molar-refractivity contribution in [2.24, 2.45) is 11.8 Å². The van der Waals surface area contributed by atoms with E-state index >= 15 is 0 Å². The maximum atomic E-state index is 13.5. The van der Waals surface area contributed by atoms with Crippen molar-refractivity contribution in [2.45, 2.75) is 32.3 Å². The van der Waals surface area contributed by atoms with Gasteiger partial charge in [0.05, 0.1) is 0 Å². The van der Waals surface area contributed by atoms with Gasteiger partial charge in [-0.25, -0.2) is 4.39 Å². The molecule has 2 nitrogen and oxygen atoms in total. The van der Waals surface area contributed by atoms with E-state index in [4.69, 9.17) is 4.42 Å². The molecule has 1 saturated carbocycles. The monoisotopic (exact) mass is 248 g/mol. The van der Waals surface area contributed by atoms with Crippen molar-refractivity contribution in [2.75, 3.05) is 0 Å². The molecule has 0 aliphatic heterocycles. The van der Waals surface area contributed by atoms with Crippen molar-refractivity contribution in [3.8, 4) is 0 Å². The van der Waals surface area contributed by atoms with Crippen LogP contribution in [-0.2, 0) is 5.60 Å². The molecule has 1 aliphatic carbocycles. The lowest BCUT2D eigenvalue weighted by Gasteiger charge is -2.44. The number of fused-ring (bicyclic) bond motifs is 1. The van der Waals surface area contributed by atoms with E-state index in [9.17, 15) is 9.50 Å². The van der Waals surface area contributed by atoms with E-state index in [1.54, 1.807) is 18.2 Å². The molecule has 0 spiro atoms. The van der Waals surface area contributed by atoms with Crippen LogP contribution < -0.4 is 0 Å². The third kappa shape index (κ3) is 1.65. The smallest absolute Gasteiger partial charge is 0.170 e. The number of aliphatic hydroxyl groups is 1. The molecule has 3 heteroatoms. The van der Waals surface area contributed by atoms with Crippen LogP contribution in [0.5, 0.6) is 0 Å². The van der Waals surface area contributed by atoms with Gasteiger partial charge in [-0.05, 0) is 36.8 Å². The van der Waals surface area contributed by atoms with Crippen molar-refractivity contribution in [1.82, 2.24) is 0 Å². The van der Waals surface area contributed by atoms with Crippen LogP contribution in [0.4, 0.5) is 4.39 Å². The third-order valence-electron chi connectivity index (χ3n) is 4.10. The van der Waals surface area contributed by atoms with E-state index in [-0.39, 0.29) is 11.4 Å². The minimum Gasteiger partial charge on any atom is -0.455 e. The van der Waals surface area contributed by atoms with Crippen LogP contribution in [-0.4, -0.2) is 5.11 Å². The Balaban J connectivity index is 1.94. The van der Waals surface area contributed by atoms with E-state index in [0.717, 1.165) is 0 Å². The largest absolute Gasteiger partial charge is 0.455 e. The van der Waals surface area contributed by atoms with E-state index in [0.29, 0.717) is 35.8 Å². The first-order chi connectivity index (χ1) is 8.49. The van der Waals surface area contributed by atoms with Gasteiger partial charge in [-0.3, -0.25) is 0 Å². The van der Waals surface area contributed by atoms with Gasteiger partial charge >= 0.3 is 0 Å². The van der Waals surface area contributed by atoms with Crippen molar-refractivity contribution in [3.63, 3.8) is 0 Å². The van der Waals surface area contributed by atoms with Crippen LogP contribution in [0.15, 0.2) is 28.7 Å². The minimum absolute atomic E-state index is 0.244. The lowest BCUT2D eigenvalue weighted by Crippen LogP contribution is -2.42. The number of rotatable bonds is 2. The van der Waals surface area contributed by atoms with Crippen LogP contribution in [0.25, 0.3) is 11.0 Å². The molecular formula is C15H17FO2. The van der Waals surface area contributed by atoms with Crippen molar-refractivity contribution < 1.29 is 13.9 Å². The lowest BCUT2D eigenvalue weighted by molar-refractivity contribution is -0.107. The van der Waals surface area contributed by atoms with Crippen LogP contribution in [0, 0.1) is 17.7 Å². The number of para-hydroxylation sites is 1. The van der Waals surface area contributed by atoms with Crippen LogP contribution in [0.1, 0.15) is 32.4 Å². The summed E-state index contributed by atoms with van der Waals surface area (Å²) in [5.74, 6) is 1.21. The van der Waals surface area contributed by atoms with E-state index in [1.807, 2.05) is 0 Å². The van der Waals surface area contributed by atoms with Gasteiger partial charge in [0.25, 0.3) is 0 Å². The minimum atomic E-state index is -0.902. The van der Waals surface area contributed by atoms with Crippen molar-refractivity contribution >= 4 is 11.0 Å². The zero-order chi connectivity index (χ0) is 12.9. The highest BCUT2D eigenvalue weighted by Crippen LogP contribution is 2.49. The number of benzene rings is 1. The molecule has 0 atom stereocenters. The predicted molar refractivity (Wildman–Crippen MR) is 67.6 cm³/mol. The van der Waals surface area contributed by atoms with E-state index < -0.39 is 5.60 Å². The first kappa shape index (κ1) is 11.7. The fourth-order valence-electron chi connectivity index (χ4n) is 2.74. The standard InChI is InChI=1S/C15H17FO2/c1-9(2)11-7-15(17,8-11)13-6-10-4-3-5-12(16)14(10)18-13/h3-6,9,11,17H,7-8H2,1-2H3. The molecule has 1 aliphatic rings. The number of hydrogen-bond donors (Lipinski definition) is 1. The summed E-state index contributed by atoms with van der Waals surface area (Å²) < 4.78 is 19.0. The van der Waals surface area contributed by atoms with Gasteiger partial charge in [-0.1, -0.05) is 26.0 Å². The quantitative estimate of drug-likeness (QED) is 0.876. The molecular weight excluding hydrogens is 231 g/mol. The Kier molecular flexibility index (Phi) is 2.49. The summed E-state index contributed by atoms with van der Waals surface area (Å²) in [7, 11) is 0. The van der Waals surface area contributed by atoms with Gasteiger partial charge in [0.2, 0.25) is 0 Å². The molecule has 2 aromatic rings. The number of furan rings is 1. The van der Waals surface area contributed by atoms with Crippen molar-refractivity contribution in [1.29, 1.82) is 0 Å². The van der Waals surface area contributed by atoms with Crippen LogP contribution in [0.2, 0.25) is 0 Å². The molecule has 1 fully saturated rings. The van der Waals surface area contributed by atoms with Gasteiger partial charge in [0.15, 0.2) is 11.4 Å². The molecule has 0 amide bonds. The highest BCUT2D eigenvalue weighted by Gasteiger charge is 2.47. The summed E-state index contributed by atoms with van der Waals surface area (Å²) in [5, 5.41) is 11.2. The SMILES string of the molecule is CC(C)C1CC(O)(c2cc3cccc(F)c3o2)C1. The van der Waals surface area contributed by atoms with Gasteiger partial charge in [0, 0.05) is 5.39 Å². The molecule has 1 N–H and O–H groups in total. The Labute approximate surface area is 105 Å². The van der Waals surface area contributed by atoms with Gasteiger partial charge in [0.1, 0.15) is 11.4 Å². The fraction of sp³-hybridized carbons (Fsp3) is 0.467. The summed E-state index contributed by atoms with van der Waals surface area (Å²) >= 11 is 0. The highest BCUT2D eigenvalue weighted by molar-refractivity contribution is 5.78. The van der Waals surface area contributed by atoms with E-state index in [2.05, 4.69) is 13.8 Å². The Hall–Kier alpha value is -1.35. The van der Waals surface area contributed by atoms with E-state index in [1.165, 1.54) is 6.07 Å². The summed E-state index contributed by atoms with van der Waals surface area (Å²) in [4.78, 5) is 0. The summed E-state index contributed by atoms with van der Waals surface area (Å²) in [5.41, 5.74) is -0.658. The Morgan fingerprint density at radius 2 is 2.11 bits per heavy atom. The molecule has 1 aromatic heterocycles. The molecule has 0 unspecified atom stereocenters. The Morgan fingerprint density at radius 1 is 1.39 bits per heavy atom. The topological polar surface area (TPSA) is 33.4 Å².